The number of unbranched alkanes of at least 4 members (excludes halogenated alkanes) is 33. The lowest BCUT2D eigenvalue weighted by Crippen LogP contribution is -2.30. The Morgan fingerprint density at radius 1 is 0.280 bits per heavy atom. The van der Waals surface area contributed by atoms with Crippen LogP contribution in [-0.2, 0) is 28.6 Å². The van der Waals surface area contributed by atoms with Crippen molar-refractivity contribution in [2.24, 2.45) is 0 Å². The number of hydrogen-bond acceptors (Lipinski definition) is 6. The molecule has 6 nitrogen and oxygen atoms in total. The van der Waals surface area contributed by atoms with Crippen LogP contribution in [0.5, 0.6) is 0 Å². The predicted molar refractivity (Wildman–Crippen MR) is 325 cm³/mol. The van der Waals surface area contributed by atoms with Crippen molar-refractivity contribution in [1.82, 2.24) is 0 Å². The molecule has 6 heteroatoms. The summed E-state index contributed by atoms with van der Waals surface area (Å²) in [6.45, 7) is 6.52. The Morgan fingerprint density at radius 3 is 0.840 bits per heavy atom. The van der Waals surface area contributed by atoms with Gasteiger partial charge in [0.1, 0.15) is 13.2 Å². The third kappa shape index (κ3) is 61.3. The maximum atomic E-state index is 12.9. The van der Waals surface area contributed by atoms with Crippen LogP contribution in [0.25, 0.3) is 0 Å². The van der Waals surface area contributed by atoms with Crippen molar-refractivity contribution in [3.63, 3.8) is 0 Å². The minimum Gasteiger partial charge on any atom is -0.462 e. The van der Waals surface area contributed by atoms with Crippen molar-refractivity contribution < 1.29 is 28.6 Å². The van der Waals surface area contributed by atoms with Gasteiger partial charge in [0.15, 0.2) is 6.10 Å². The molecular weight excluding hydrogens is 925 g/mol. The Kier molecular flexibility index (Phi) is 60.3. The van der Waals surface area contributed by atoms with E-state index in [4.69, 9.17) is 14.2 Å². The monoisotopic (exact) mass is 1040 g/mol. The van der Waals surface area contributed by atoms with Crippen LogP contribution < -0.4 is 0 Å². The van der Waals surface area contributed by atoms with E-state index in [-0.39, 0.29) is 31.1 Å². The van der Waals surface area contributed by atoms with E-state index in [2.05, 4.69) is 106 Å². The molecule has 1 atom stereocenters. The molecule has 0 heterocycles. The van der Waals surface area contributed by atoms with Crippen LogP contribution in [0.4, 0.5) is 0 Å². The highest BCUT2D eigenvalue weighted by Gasteiger charge is 2.19. The predicted octanol–water partition coefficient (Wildman–Crippen LogP) is 21.9. The van der Waals surface area contributed by atoms with E-state index in [1.165, 1.54) is 180 Å². The van der Waals surface area contributed by atoms with Gasteiger partial charge in [-0.15, -0.1) is 0 Å². The summed E-state index contributed by atoms with van der Waals surface area (Å²) in [4.78, 5) is 38.3. The quantitative estimate of drug-likeness (QED) is 0.0261. The van der Waals surface area contributed by atoms with Gasteiger partial charge in [0.05, 0.1) is 0 Å². The second-order valence-corrected chi connectivity index (χ2v) is 21.3. The summed E-state index contributed by atoms with van der Waals surface area (Å²) >= 11 is 0. The van der Waals surface area contributed by atoms with Crippen LogP contribution in [-0.4, -0.2) is 37.2 Å². The molecule has 0 aromatic heterocycles. The molecular formula is C69H120O6. The number of rotatable bonds is 58. The third-order valence-electron chi connectivity index (χ3n) is 13.9. The topological polar surface area (TPSA) is 78.9 Å². The molecule has 0 spiro atoms. The maximum absolute atomic E-state index is 12.9. The number of allylic oxidation sites excluding steroid dienone is 14. The molecule has 0 aliphatic rings. The first kappa shape index (κ1) is 71.6. The zero-order valence-corrected chi connectivity index (χ0v) is 49.6. The number of hydrogen-bond donors (Lipinski definition) is 0. The Balaban J connectivity index is 4.34. The van der Waals surface area contributed by atoms with Gasteiger partial charge in [0.25, 0.3) is 0 Å². The summed E-state index contributed by atoms with van der Waals surface area (Å²) in [6.07, 6.45) is 83.0. The second-order valence-electron chi connectivity index (χ2n) is 21.3. The molecule has 0 rings (SSSR count). The third-order valence-corrected chi connectivity index (χ3v) is 13.9. The molecule has 0 saturated heterocycles. The normalized spacial score (nSPS) is 12.6. The molecule has 0 N–H and O–H groups in total. The lowest BCUT2D eigenvalue weighted by atomic mass is 10.1. The van der Waals surface area contributed by atoms with Gasteiger partial charge in [-0.25, -0.2) is 0 Å². The highest BCUT2D eigenvalue weighted by atomic mass is 16.6. The van der Waals surface area contributed by atoms with Crippen LogP contribution >= 0.6 is 0 Å². The van der Waals surface area contributed by atoms with E-state index in [1.54, 1.807) is 0 Å². The Hall–Kier alpha value is -3.41. The van der Waals surface area contributed by atoms with E-state index >= 15 is 0 Å². The summed E-state index contributed by atoms with van der Waals surface area (Å²) in [5.41, 5.74) is 0. The van der Waals surface area contributed by atoms with Gasteiger partial charge in [-0.2, -0.15) is 0 Å². The highest BCUT2D eigenvalue weighted by Crippen LogP contribution is 2.16. The fourth-order valence-electron chi connectivity index (χ4n) is 9.05. The second kappa shape index (κ2) is 63.1. The molecule has 75 heavy (non-hydrogen) atoms. The van der Waals surface area contributed by atoms with E-state index in [1.807, 2.05) is 0 Å². The number of carbonyl (C=O) groups is 3. The van der Waals surface area contributed by atoms with Crippen LogP contribution in [0.15, 0.2) is 85.1 Å². The number of carbonyl (C=O) groups excluding carboxylic acids is 3. The van der Waals surface area contributed by atoms with Gasteiger partial charge in [-0.3, -0.25) is 14.4 Å². The Bertz CT molecular complexity index is 1430. The average Bonchev–Trinajstić information content (AvgIpc) is 3.41. The van der Waals surface area contributed by atoms with Gasteiger partial charge in [0, 0.05) is 19.3 Å². The summed E-state index contributed by atoms with van der Waals surface area (Å²) in [5, 5.41) is 0. The lowest BCUT2D eigenvalue weighted by molar-refractivity contribution is -0.167. The minimum absolute atomic E-state index is 0.0819. The molecule has 0 aliphatic heterocycles. The Morgan fingerprint density at radius 2 is 0.520 bits per heavy atom. The molecule has 0 aromatic rings. The molecule has 0 bridgehead atoms. The summed E-state index contributed by atoms with van der Waals surface area (Å²) < 4.78 is 16.9. The van der Waals surface area contributed by atoms with Gasteiger partial charge < -0.3 is 14.2 Å². The molecule has 432 valence electrons. The first-order chi connectivity index (χ1) is 37.0. The number of esters is 3. The molecule has 1 unspecified atom stereocenters. The lowest BCUT2D eigenvalue weighted by Gasteiger charge is -2.18. The van der Waals surface area contributed by atoms with Gasteiger partial charge in [-0.05, 0) is 116 Å². The van der Waals surface area contributed by atoms with Crippen molar-refractivity contribution in [3.8, 4) is 0 Å². The van der Waals surface area contributed by atoms with Crippen molar-refractivity contribution in [2.75, 3.05) is 13.2 Å². The fourth-order valence-corrected chi connectivity index (χ4v) is 9.05. The molecule has 0 saturated carbocycles. The van der Waals surface area contributed by atoms with Crippen LogP contribution in [0.2, 0.25) is 0 Å². The molecule has 0 radical (unpaired) electrons. The zero-order valence-electron chi connectivity index (χ0n) is 49.6. The van der Waals surface area contributed by atoms with Crippen molar-refractivity contribution in [1.29, 1.82) is 0 Å². The molecule has 0 fully saturated rings. The van der Waals surface area contributed by atoms with Crippen molar-refractivity contribution in [2.45, 2.75) is 322 Å². The van der Waals surface area contributed by atoms with Crippen LogP contribution in [0, 0.1) is 0 Å². The van der Waals surface area contributed by atoms with Crippen molar-refractivity contribution >= 4 is 17.9 Å². The standard InChI is InChI=1S/C69H120O6/c1-4-7-10-13-16-19-22-25-27-29-31-33-34-36-37-39-41-44-47-50-53-56-59-62-68(71)74-65-66(64-73-67(70)61-58-55-52-49-46-43-24-21-18-15-12-9-6-3)75-69(72)63-60-57-54-51-48-45-42-40-38-35-32-30-28-26-23-20-17-14-11-8-5-2/h7,10,16,19,21,23-27,30-33,66H,4-6,8-9,11-15,17-18,20,22,28-29,34-65H2,1-3H3/b10-7-,19-16-,24-21-,26-23-,27-25-,32-30-,33-31-. The molecule has 0 aliphatic carbocycles. The average molecular weight is 1050 g/mol. The largest absolute Gasteiger partial charge is 0.462 e. The molecule has 0 aromatic carbocycles. The SMILES string of the molecule is CC/C=C\C/C=C\C/C=C\C/C=C\CCCCCCCCCCCCC(=O)OCC(COC(=O)CCCCCCC/C=C\CCCCCC)OC(=O)CCCCCCCCCCC/C=C\C/C=C\CCCCCCC. The molecule has 0 amide bonds. The Labute approximate surface area is 465 Å². The highest BCUT2D eigenvalue weighted by molar-refractivity contribution is 5.71. The first-order valence-corrected chi connectivity index (χ1v) is 32.1. The minimum atomic E-state index is -0.785. The van der Waals surface area contributed by atoms with Gasteiger partial charge in [-0.1, -0.05) is 266 Å². The van der Waals surface area contributed by atoms with E-state index < -0.39 is 6.10 Å². The van der Waals surface area contributed by atoms with Crippen LogP contribution in [0.3, 0.4) is 0 Å². The van der Waals surface area contributed by atoms with E-state index in [0.29, 0.717) is 19.3 Å². The smallest absolute Gasteiger partial charge is 0.306 e. The van der Waals surface area contributed by atoms with Gasteiger partial charge >= 0.3 is 17.9 Å². The maximum Gasteiger partial charge on any atom is 0.306 e. The van der Waals surface area contributed by atoms with E-state index in [9.17, 15) is 14.4 Å². The fraction of sp³-hybridized carbons (Fsp3) is 0.754. The zero-order chi connectivity index (χ0) is 54.3. The van der Waals surface area contributed by atoms with Crippen LogP contribution in [0.1, 0.15) is 316 Å². The summed E-state index contributed by atoms with van der Waals surface area (Å²) in [7, 11) is 0. The van der Waals surface area contributed by atoms with E-state index in [0.717, 1.165) is 96.3 Å². The number of ether oxygens (including phenoxy) is 3. The summed E-state index contributed by atoms with van der Waals surface area (Å²) in [6, 6.07) is 0. The van der Waals surface area contributed by atoms with Crippen molar-refractivity contribution in [3.05, 3.63) is 85.1 Å². The first-order valence-electron chi connectivity index (χ1n) is 32.1. The van der Waals surface area contributed by atoms with Gasteiger partial charge in [0.2, 0.25) is 0 Å². The summed E-state index contributed by atoms with van der Waals surface area (Å²) in [5.74, 6) is -0.887.